The molecule has 0 aliphatic carbocycles. The predicted octanol–water partition coefficient (Wildman–Crippen LogP) is 5.54. The summed E-state index contributed by atoms with van der Waals surface area (Å²) < 4.78 is 49.4. The molecular formula is C27H17NO8S2. The molecule has 0 unspecified atom stereocenters. The highest BCUT2D eigenvalue weighted by Crippen LogP contribution is 2.53. The van der Waals surface area contributed by atoms with Crippen LogP contribution in [0.4, 0.5) is 0 Å². The first-order valence-electron chi connectivity index (χ1n) is 11.2. The molecule has 5 aromatic rings. The standard InChI is InChI=1S/C27H17NO8S2/c29-26(30)17-15-21-25(35-27(34-21,18-7-3-1-4-8-18)19-9-5-2-6-10-19)22(16-17)36-38(31,32)24-12-11-23(37-24)20-13-14-33-28-20/h1-16H,(H,29,30). The Morgan fingerprint density at radius 1 is 0.895 bits per heavy atom. The first kappa shape index (κ1) is 23.8. The Bertz CT molecular complexity index is 1690. The van der Waals surface area contributed by atoms with Crippen LogP contribution in [0.3, 0.4) is 0 Å². The molecule has 11 heteroatoms. The maximum atomic E-state index is 13.3. The second-order valence-corrected chi connectivity index (χ2v) is 11.1. The number of rotatable bonds is 7. The Balaban J connectivity index is 1.44. The molecule has 0 saturated heterocycles. The molecule has 1 N–H and O–H groups in total. The van der Waals surface area contributed by atoms with Gasteiger partial charge in [0.05, 0.1) is 10.4 Å². The molecule has 0 saturated carbocycles. The van der Waals surface area contributed by atoms with Crippen LogP contribution >= 0.6 is 11.3 Å². The van der Waals surface area contributed by atoms with Gasteiger partial charge >= 0.3 is 21.9 Å². The third-order valence-electron chi connectivity index (χ3n) is 5.79. The van der Waals surface area contributed by atoms with Gasteiger partial charge in [0.1, 0.15) is 12.0 Å². The zero-order valence-electron chi connectivity index (χ0n) is 19.3. The fraction of sp³-hybridized carbons (Fsp3) is 0.0370. The average Bonchev–Trinajstić information content (AvgIpc) is 3.69. The summed E-state index contributed by atoms with van der Waals surface area (Å²) in [6.45, 7) is 0. The topological polar surface area (TPSA) is 125 Å². The summed E-state index contributed by atoms with van der Waals surface area (Å²) in [7, 11) is -4.38. The molecule has 38 heavy (non-hydrogen) atoms. The molecule has 9 nitrogen and oxygen atoms in total. The maximum Gasteiger partial charge on any atom is 0.348 e. The summed E-state index contributed by atoms with van der Waals surface area (Å²) in [5, 5.41) is 13.5. The van der Waals surface area contributed by atoms with E-state index in [0.717, 1.165) is 17.4 Å². The Morgan fingerprint density at radius 3 is 2.18 bits per heavy atom. The highest BCUT2D eigenvalue weighted by Gasteiger charge is 2.47. The van der Waals surface area contributed by atoms with Gasteiger partial charge in [-0.2, -0.15) is 8.42 Å². The molecule has 6 rings (SSSR count). The van der Waals surface area contributed by atoms with Gasteiger partial charge in [0.2, 0.25) is 5.75 Å². The Morgan fingerprint density at radius 2 is 1.58 bits per heavy atom. The summed E-state index contributed by atoms with van der Waals surface area (Å²) >= 11 is 0.930. The maximum absolute atomic E-state index is 13.3. The lowest BCUT2D eigenvalue weighted by atomic mass is 9.97. The van der Waals surface area contributed by atoms with E-state index in [1.165, 1.54) is 18.4 Å². The van der Waals surface area contributed by atoms with E-state index in [1.54, 1.807) is 36.4 Å². The summed E-state index contributed by atoms with van der Waals surface area (Å²) in [5.41, 5.74) is 1.47. The average molecular weight is 548 g/mol. The van der Waals surface area contributed by atoms with E-state index >= 15 is 0 Å². The van der Waals surface area contributed by atoms with Crippen molar-refractivity contribution in [1.82, 2.24) is 5.16 Å². The van der Waals surface area contributed by atoms with Crippen LogP contribution in [0.25, 0.3) is 10.6 Å². The number of benzene rings is 3. The first-order chi connectivity index (χ1) is 18.4. The Labute approximate surface area is 220 Å². The van der Waals surface area contributed by atoms with Gasteiger partial charge in [-0.3, -0.25) is 0 Å². The van der Waals surface area contributed by atoms with Gasteiger partial charge in [-0.25, -0.2) is 4.79 Å². The van der Waals surface area contributed by atoms with Crippen LogP contribution in [-0.4, -0.2) is 24.7 Å². The zero-order chi connectivity index (χ0) is 26.3. The van der Waals surface area contributed by atoms with Gasteiger partial charge in [0.15, 0.2) is 15.7 Å². The number of carboxylic acid groups (broad SMARTS) is 1. The van der Waals surface area contributed by atoms with Crippen molar-refractivity contribution in [2.45, 2.75) is 10.00 Å². The van der Waals surface area contributed by atoms with E-state index in [0.29, 0.717) is 21.7 Å². The molecule has 0 bridgehead atoms. The van der Waals surface area contributed by atoms with Crippen molar-refractivity contribution >= 4 is 27.4 Å². The van der Waals surface area contributed by atoms with Crippen molar-refractivity contribution in [3.63, 3.8) is 0 Å². The van der Waals surface area contributed by atoms with Crippen LogP contribution in [0.5, 0.6) is 17.2 Å². The molecule has 3 aromatic carbocycles. The number of carbonyl (C=O) groups is 1. The van der Waals surface area contributed by atoms with Gasteiger partial charge < -0.3 is 23.3 Å². The fourth-order valence-corrected chi connectivity index (χ4v) is 6.22. The minimum absolute atomic E-state index is 0.0253. The summed E-state index contributed by atoms with van der Waals surface area (Å²) in [6, 6.07) is 25.0. The molecule has 3 heterocycles. The molecule has 0 atom stereocenters. The number of hydrogen-bond acceptors (Lipinski definition) is 9. The van der Waals surface area contributed by atoms with Crippen molar-refractivity contribution in [3.8, 4) is 27.8 Å². The molecule has 0 spiro atoms. The third-order valence-corrected chi connectivity index (χ3v) is 8.58. The molecule has 0 radical (unpaired) electrons. The summed E-state index contributed by atoms with van der Waals surface area (Å²) in [5.74, 6) is -3.13. The monoisotopic (exact) mass is 547 g/mol. The van der Waals surface area contributed by atoms with E-state index in [9.17, 15) is 18.3 Å². The lowest BCUT2D eigenvalue weighted by Gasteiger charge is -2.28. The lowest BCUT2D eigenvalue weighted by Crippen LogP contribution is -2.36. The number of carboxylic acids is 1. The molecule has 190 valence electrons. The van der Waals surface area contributed by atoms with Crippen molar-refractivity contribution in [1.29, 1.82) is 0 Å². The van der Waals surface area contributed by atoms with Crippen molar-refractivity contribution < 1.29 is 36.5 Å². The van der Waals surface area contributed by atoms with Crippen LogP contribution in [0.15, 0.2) is 106 Å². The summed E-state index contributed by atoms with van der Waals surface area (Å²) in [4.78, 5) is 12.5. The number of aromatic carboxylic acids is 1. The fourth-order valence-electron chi connectivity index (χ4n) is 4.07. The van der Waals surface area contributed by atoms with Crippen LogP contribution in [-0.2, 0) is 15.9 Å². The van der Waals surface area contributed by atoms with Crippen LogP contribution < -0.4 is 13.7 Å². The second-order valence-electron chi connectivity index (χ2n) is 8.20. The van der Waals surface area contributed by atoms with E-state index in [4.69, 9.17) is 18.2 Å². The van der Waals surface area contributed by atoms with Crippen molar-refractivity contribution in [2.75, 3.05) is 0 Å². The van der Waals surface area contributed by atoms with Gasteiger partial charge in [-0.05, 0) is 18.2 Å². The van der Waals surface area contributed by atoms with Crippen LogP contribution in [0.2, 0.25) is 0 Å². The quantitative estimate of drug-likeness (QED) is 0.261. The molecule has 0 fully saturated rings. The number of ether oxygens (including phenoxy) is 2. The number of thiophene rings is 1. The predicted molar refractivity (Wildman–Crippen MR) is 136 cm³/mol. The number of nitrogens with zero attached hydrogens (tertiary/aromatic N) is 1. The Hall–Kier alpha value is -4.61. The van der Waals surface area contributed by atoms with E-state index in [1.807, 2.05) is 36.4 Å². The smallest absolute Gasteiger partial charge is 0.348 e. The minimum atomic E-state index is -4.38. The Kier molecular flexibility index (Phi) is 5.66. The molecule has 2 aromatic heterocycles. The molecule has 1 aliphatic rings. The highest BCUT2D eigenvalue weighted by atomic mass is 32.3. The molecule has 0 amide bonds. The number of hydrogen-bond donors (Lipinski definition) is 1. The molecule has 1 aliphatic heterocycles. The van der Waals surface area contributed by atoms with Gasteiger partial charge in [-0.1, -0.05) is 65.8 Å². The van der Waals surface area contributed by atoms with Crippen LogP contribution in [0.1, 0.15) is 21.5 Å². The lowest BCUT2D eigenvalue weighted by molar-refractivity contribution is -0.0464. The second kappa shape index (κ2) is 9.05. The van der Waals surface area contributed by atoms with E-state index in [2.05, 4.69) is 5.16 Å². The minimum Gasteiger partial charge on any atom is -0.478 e. The first-order valence-corrected chi connectivity index (χ1v) is 13.4. The SMILES string of the molecule is O=C(O)c1cc2c(c(OS(=O)(=O)c3ccc(-c4ccon4)s3)c1)OC(c1ccccc1)(c1ccccc1)O2. The van der Waals surface area contributed by atoms with Crippen molar-refractivity contribution in [2.24, 2.45) is 0 Å². The molecular weight excluding hydrogens is 530 g/mol. The number of fused-ring (bicyclic) bond motifs is 1. The van der Waals surface area contributed by atoms with E-state index in [-0.39, 0.29) is 27.0 Å². The van der Waals surface area contributed by atoms with Gasteiger partial charge in [-0.15, -0.1) is 11.3 Å². The van der Waals surface area contributed by atoms with Gasteiger partial charge in [0.25, 0.3) is 0 Å². The van der Waals surface area contributed by atoms with Crippen LogP contribution in [0, 0.1) is 0 Å². The summed E-state index contributed by atoms with van der Waals surface area (Å²) in [6.07, 6.45) is 1.38. The third kappa shape index (κ3) is 4.07. The normalized spacial score (nSPS) is 13.8. The highest BCUT2D eigenvalue weighted by molar-refractivity contribution is 7.89. The number of aromatic nitrogens is 1. The largest absolute Gasteiger partial charge is 0.478 e. The van der Waals surface area contributed by atoms with Crippen molar-refractivity contribution in [3.05, 3.63) is 114 Å². The van der Waals surface area contributed by atoms with E-state index < -0.39 is 21.9 Å². The van der Waals surface area contributed by atoms with Gasteiger partial charge in [0, 0.05) is 23.3 Å². The zero-order valence-corrected chi connectivity index (χ0v) is 20.9.